The van der Waals surface area contributed by atoms with E-state index in [2.05, 4.69) is 27.7 Å². The van der Waals surface area contributed by atoms with Gasteiger partial charge in [-0.3, -0.25) is 9.69 Å². The normalized spacial score (nSPS) is 21.0. The molecular weight excluding hydrogens is 330 g/mol. The first kappa shape index (κ1) is 17.3. The second-order valence-electron chi connectivity index (χ2n) is 7.48. The van der Waals surface area contributed by atoms with Crippen molar-refractivity contribution in [2.75, 3.05) is 19.6 Å². The molecule has 1 saturated heterocycles. The van der Waals surface area contributed by atoms with Gasteiger partial charge in [-0.2, -0.15) is 0 Å². The van der Waals surface area contributed by atoms with Crippen LogP contribution in [0.2, 0.25) is 0 Å². The standard InChI is InChI=1S/C19H27N5O2/c1-14-10-17(21-26-14)13-23-8-9-24-12-16(20-19(24)15(23)2)11-18(25)22-6-4-3-5-7-22/h10,12,15H,3-9,11,13H2,1-2H3. The number of aromatic nitrogens is 3. The highest BCUT2D eigenvalue weighted by molar-refractivity contribution is 5.78. The number of aryl methyl sites for hydroxylation is 1. The van der Waals surface area contributed by atoms with Gasteiger partial charge in [-0.15, -0.1) is 0 Å². The van der Waals surface area contributed by atoms with Crippen molar-refractivity contribution in [2.45, 2.75) is 58.7 Å². The molecule has 1 unspecified atom stereocenters. The molecular formula is C19H27N5O2. The largest absolute Gasteiger partial charge is 0.361 e. The Morgan fingerprint density at radius 3 is 2.73 bits per heavy atom. The minimum absolute atomic E-state index is 0.194. The van der Waals surface area contributed by atoms with Gasteiger partial charge in [0.15, 0.2) is 0 Å². The van der Waals surface area contributed by atoms with Crippen molar-refractivity contribution in [1.82, 2.24) is 24.5 Å². The van der Waals surface area contributed by atoms with E-state index >= 15 is 0 Å². The Morgan fingerprint density at radius 1 is 1.19 bits per heavy atom. The minimum Gasteiger partial charge on any atom is -0.361 e. The number of fused-ring (bicyclic) bond motifs is 1. The van der Waals surface area contributed by atoms with Crippen LogP contribution in [0.1, 0.15) is 55.2 Å². The van der Waals surface area contributed by atoms with Crippen LogP contribution in [-0.4, -0.2) is 50.0 Å². The van der Waals surface area contributed by atoms with Gasteiger partial charge < -0.3 is 14.0 Å². The second-order valence-corrected chi connectivity index (χ2v) is 7.48. The highest BCUT2D eigenvalue weighted by Crippen LogP contribution is 2.26. The molecule has 0 radical (unpaired) electrons. The summed E-state index contributed by atoms with van der Waals surface area (Å²) in [5, 5.41) is 4.10. The van der Waals surface area contributed by atoms with Crippen molar-refractivity contribution in [3.8, 4) is 0 Å². The van der Waals surface area contributed by atoms with Gasteiger partial charge in [0.1, 0.15) is 11.6 Å². The number of nitrogens with zero attached hydrogens (tertiary/aromatic N) is 5. The molecule has 1 amide bonds. The van der Waals surface area contributed by atoms with Crippen LogP contribution in [0.15, 0.2) is 16.8 Å². The molecule has 2 aliphatic heterocycles. The average molecular weight is 357 g/mol. The molecule has 7 nitrogen and oxygen atoms in total. The molecule has 0 bridgehead atoms. The first-order valence-electron chi connectivity index (χ1n) is 9.60. The van der Waals surface area contributed by atoms with Crippen molar-refractivity contribution < 1.29 is 9.32 Å². The quantitative estimate of drug-likeness (QED) is 0.840. The summed E-state index contributed by atoms with van der Waals surface area (Å²) in [4.78, 5) is 21.7. The summed E-state index contributed by atoms with van der Waals surface area (Å²) in [6.45, 7) is 8.46. The summed E-state index contributed by atoms with van der Waals surface area (Å²) in [5.74, 6) is 2.09. The maximum atomic E-state index is 12.5. The van der Waals surface area contributed by atoms with Crippen molar-refractivity contribution >= 4 is 5.91 Å². The number of rotatable bonds is 4. The highest BCUT2D eigenvalue weighted by Gasteiger charge is 2.28. The van der Waals surface area contributed by atoms with E-state index in [1.54, 1.807) is 0 Å². The zero-order valence-corrected chi connectivity index (χ0v) is 15.6. The monoisotopic (exact) mass is 357 g/mol. The third-order valence-electron chi connectivity index (χ3n) is 5.49. The molecule has 2 aromatic rings. The SMILES string of the molecule is Cc1cc(CN2CCn3cc(CC(=O)N4CCCCC4)nc3C2C)no1. The van der Waals surface area contributed by atoms with Crippen LogP contribution in [0.3, 0.4) is 0 Å². The number of hydrogen-bond acceptors (Lipinski definition) is 5. The van der Waals surface area contributed by atoms with Gasteiger partial charge in [-0.1, -0.05) is 5.16 Å². The number of hydrogen-bond donors (Lipinski definition) is 0. The van der Waals surface area contributed by atoms with Crippen molar-refractivity contribution in [3.63, 3.8) is 0 Å². The fraction of sp³-hybridized carbons (Fsp3) is 0.632. The molecule has 0 N–H and O–H groups in total. The maximum absolute atomic E-state index is 12.5. The molecule has 26 heavy (non-hydrogen) atoms. The molecule has 0 spiro atoms. The molecule has 1 atom stereocenters. The fourth-order valence-electron chi connectivity index (χ4n) is 4.00. The van der Waals surface area contributed by atoms with Gasteiger partial charge in [0.05, 0.1) is 23.9 Å². The van der Waals surface area contributed by atoms with Crippen LogP contribution in [0.4, 0.5) is 0 Å². The van der Waals surface area contributed by atoms with E-state index in [0.29, 0.717) is 6.42 Å². The summed E-state index contributed by atoms with van der Waals surface area (Å²) in [6.07, 6.45) is 5.96. The molecule has 4 heterocycles. The Morgan fingerprint density at radius 2 is 2.00 bits per heavy atom. The van der Waals surface area contributed by atoms with Crippen LogP contribution < -0.4 is 0 Å². The van der Waals surface area contributed by atoms with Gasteiger partial charge >= 0.3 is 0 Å². The molecule has 2 aliphatic rings. The van der Waals surface area contributed by atoms with Crippen molar-refractivity contribution in [2.24, 2.45) is 0 Å². The maximum Gasteiger partial charge on any atom is 0.228 e. The summed E-state index contributed by atoms with van der Waals surface area (Å²) >= 11 is 0. The van der Waals surface area contributed by atoms with E-state index in [1.165, 1.54) is 6.42 Å². The molecule has 0 aliphatic carbocycles. The first-order chi connectivity index (χ1) is 12.6. The third-order valence-corrected chi connectivity index (χ3v) is 5.49. The lowest BCUT2D eigenvalue weighted by atomic mass is 10.1. The zero-order valence-electron chi connectivity index (χ0n) is 15.6. The Bertz CT molecular complexity index is 775. The second kappa shape index (κ2) is 7.23. The van der Waals surface area contributed by atoms with Gasteiger partial charge in [0.2, 0.25) is 5.91 Å². The summed E-state index contributed by atoms with van der Waals surface area (Å²) in [5.41, 5.74) is 1.84. The molecule has 4 rings (SSSR count). The van der Waals surface area contributed by atoms with E-state index < -0.39 is 0 Å². The Labute approximate surface area is 154 Å². The highest BCUT2D eigenvalue weighted by atomic mass is 16.5. The topological polar surface area (TPSA) is 67.4 Å². The Balaban J connectivity index is 1.43. The van der Waals surface area contributed by atoms with E-state index in [4.69, 9.17) is 9.51 Å². The van der Waals surface area contributed by atoms with Crippen LogP contribution >= 0.6 is 0 Å². The lowest BCUT2D eigenvalue weighted by molar-refractivity contribution is -0.131. The Kier molecular flexibility index (Phi) is 4.80. The van der Waals surface area contributed by atoms with E-state index in [0.717, 1.165) is 68.5 Å². The fourth-order valence-corrected chi connectivity index (χ4v) is 4.00. The van der Waals surface area contributed by atoms with Crippen LogP contribution in [0.5, 0.6) is 0 Å². The Hall–Kier alpha value is -2.15. The summed E-state index contributed by atoms with van der Waals surface area (Å²) < 4.78 is 7.38. The third kappa shape index (κ3) is 3.53. The molecule has 140 valence electrons. The lowest BCUT2D eigenvalue weighted by Gasteiger charge is -2.32. The van der Waals surface area contributed by atoms with E-state index in [-0.39, 0.29) is 11.9 Å². The van der Waals surface area contributed by atoms with Crippen LogP contribution in [0.25, 0.3) is 0 Å². The number of carbonyl (C=O) groups is 1. The lowest BCUT2D eigenvalue weighted by Crippen LogP contribution is -2.36. The molecule has 2 aromatic heterocycles. The minimum atomic E-state index is 0.194. The van der Waals surface area contributed by atoms with Gasteiger partial charge in [0.25, 0.3) is 0 Å². The zero-order chi connectivity index (χ0) is 18.1. The van der Waals surface area contributed by atoms with Gasteiger partial charge in [-0.05, 0) is 33.1 Å². The smallest absolute Gasteiger partial charge is 0.228 e. The number of imidazole rings is 1. The predicted molar refractivity (Wildman–Crippen MR) is 96.4 cm³/mol. The van der Waals surface area contributed by atoms with E-state index in [1.807, 2.05) is 17.9 Å². The summed E-state index contributed by atoms with van der Waals surface area (Å²) in [7, 11) is 0. The summed E-state index contributed by atoms with van der Waals surface area (Å²) in [6, 6.07) is 2.18. The molecule has 1 fully saturated rings. The number of carbonyl (C=O) groups excluding carboxylic acids is 1. The van der Waals surface area contributed by atoms with Crippen molar-refractivity contribution in [3.05, 3.63) is 35.2 Å². The molecule has 0 aromatic carbocycles. The first-order valence-corrected chi connectivity index (χ1v) is 9.60. The van der Waals surface area contributed by atoms with Crippen LogP contribution in [-0.2, 0) is 24.3 Å². The van der Waals surface area contributed by atoms with Gasteiger partial charge in [0, 0.05) is 45.0 Å². The average Bonchev–Trinajstić information content (AvgIpc) is 3.24. The predicted octanol–water partition coefficient (Wildman–Crippen LogP) is 2.31. The van der Waals surface area contributed by atoms with Crippen LogP contribution in [0, 0.1) is 6.92 Å². The number of likely N-dealkylation sites (tertiary alicyclic amines) is 1. The molecule has 7 heteroatoms. The van der Waals surface area contributed by atoms with E-state index in [9.17, 15) is 4.79 Å². The molecule has 0 saturated carbocycles. The number of amides is 1. The van der Waals surface area contributed by atoms with Gasteiger partial charge in [-0.25, -0.2) is 4.98 Å². The number of piperidine rings is 1. The van der Waals surface area contributed by atoms with Crippen molar-refractivity contribution in [1.29, 1.82) is 0 Å².